The zero-order valence-electron chi connectivity index (χ0n) is 9.31. The number of aliphatic hydroxyl groups excluding tert-OH is 1. The molecule has 2 nitrogen and oxygen atoms in total. The summed E-state index contributed by atoms with van der Waals surface area (Å²) < 4.78 is 5.53. The lowest BCUT2D eigenvalue weighted by molar-refractivity contribution is 0.242. The van der Waals surface area contributed by atoms with Crippen molar-refractivity contribution in [1.29, 1.82) is 0 Å². The number of aliphatic hydroxyl groups is 1. The van der Waals surface area contributed by atoms with Gasteiger partial charge < -0.3 is 9.84 Å². The van der Waals surface area contributed by atoms with Gasteiger partial charge in [0, 0.05) is 6.61 Å². The van der Waals surface area contributed by atoms with Crippen molar-refractivity contribution in [2.24, 2.45) is 0 Å². The molecule has 82 valence electrons. The van der Waals surface area contributed by atoms with Crippen molar-refractivity contribution in [3.8, 4) is 5.75 Å². The predicted octanol–water partition coefficient (Wildman–Crippen LogP) is 2.87. The molecule has 0 radical (unpaired) electrons. The van der Waals surface area contributed by atoms with Crippen LogP contribution in [-0.2, 0) is 0 Å². The number of ether oxygens (including phenoxy) is 1. The molecule has 1 aromatic carbocycles. The Morgan fingerprint density at radius 3 is 2.47 bits per heavy atom. The molecular weight excluding hydrogens is 188 g/mol. The summed E-state index contributed by atoms with van der Waals surface area (Å²) in [6.45, 7) is 4.22. The maximum atomic E-state index is 8.62. The monoisotopic (exact) mass is 206 g/mol. The van der Waals surface area contributed by atoms with E-state index in [1.165, 1.54) is 0 Å². The highest BCUT2D eigenvalue weighted by Crippen LogP contribution is 2.14. The van der Waals surface area contributed by atoms with Gasteiger partial charge in [-0.2, -0.15) is 0 Å². The zero-order chi connectivity index (χ0) is 11.1. The van der Waals surface area contributed by atoms with Crippen LogP contribution in [0.15, 0.2) is 30.3 Å². The first-order chi connectivity index (χ1) is 7.22. The van der Waals surface area contributed by atoms with Crippen molar-refractivity contribution in [3.05, 3.63) is 35.9 Å². The maximum Gasteiger partial charge on any atom is 0.119 e. The van der Waals surface area contributed by atoms with Crippen molar-refractivity contribution in [2.75, 3.05) is 6.61 Å². The van der Waals surface area contributed by atoms with Crippen molar-refractivity contribution in [3.63, 3.8) is 0 Å². The summed E-state index contributed by atoms with van der Waals surface area (Å²) in [6.07, 6.45) is 4.86. The molecule has 0 fully saturated rings. The second kappa shape index (κ2) is 6.25. The van der Waals surface area contributed by atoms with E-state index in [0.717, 1.165) is 11.3 Å². The van der Waals surface area contributed by atoms with Crippen molar-refractivity contribution < 1.29 is 9.84 Å². The summed E-state index contributed by atoms with van der Waals surface area (Å²) in [6, 6.07) is 7.93. The Kier molecular flexibility index (Phi) is 4.91. The largest absolute Gasteiger partial charge is 0.491 e. The van der Waals surface area contributed by atoms with E-state index in [0.29, 0.717) is 6.42 Å². The van der Waals surface area contributed by atoms with Gasteiger partial charge in [-0.25, -0.2) is 0 Å². The molecule has 1 N–H and O–H groups in total. The summed E-state index contributed by atoms with van der Waals surface area (Å²) in [5.41, 5.74) is 1.12. The van der Waals surface area contributed by atoms with Gasteiger partial charge in [-0.05, 0) is 38.0 Å². The Morgan fingerprint density at radius 2 is 1.93 bits per heavy atom. The third-order valence-corrected chi connectivity index (χ3v) is 1.86. The first-order valence-electron chi connectivity index (χ1n) is 5.26. The summed E-state index contributed by atoms with van der Waals surface area (Å²) in [5, 5.41) is 8.62. The number of hydrogen-bond acceptors (Lipinski definition) is 2. The van der Waals surface area contributed by atoms with Gasteiger partial charge in [-0.3, -0.25) is 0 Å². The van der Waals surface area contributed by atoms with E-state index in [1.807, 2.05) is 50.3 Å². The van der Waals surface area contributed by atoms with E-state index >= 15 is 0 Å². The van der Waals surface area contributed by atoms with Crippen LogP contribution < -0.4 is 4.74 Å². The van der Waals surface area contributed by atoms with Gasteiger partial charge in [0.05, 0.1) is 6.10 Å². The molecule has 0 spiro atoms. The molecule has 0 bridgehead atoms. The van der Waals surface area contributed by atoms with Gasteiger partial charge in [0.1, 0.15) is 5.75 Å². The molecule has 0 unspecified atom stereocenters. The van der Waals surface area contributed by atoms with E-state index in [1.54, 1.807) is 0 Å². The molecule has 1 rings (SSSR count). The highest BCUT2D eigenvalue weighted by Gasteiger charge is 1.95. The lowest BCUT2D eigenvalue weighted by atomic mass is 10.2. The average Bonchev–Trinajstić information content (AvgIpc) is 2.20. The van der Waals surface area contributed by atoms with E-state index in [4.69, 9.17) is 9.84 Å². The Morgan fingerprint density at radius 1 is 1.27 bits per heavy atom. The zero-order valence-corrected chi connectivity index (χ0v) is 9.31. The molecule has 0 amide bonds. The Labute approximate surface area is 91.2 Å². The van der Waals surface area contributed by atoms with Crippen LogP contribution in [0.4, 0.5) is 0 Å². The fourth-order valence-corrected chi connectivity index (χ4v) is 1.22. The fraction of sp³-hybridized carbons (Fsp3) is 0.385. The minimum absolute atomic E-state index is 0.199. The molecule has 2 heteroatoms. The van der Waals surface area contributed by atoms with Crippen LogP contribution in [0.2, 0.25) is 0 Å². The molecule has 0 aliphatic carbocycles. The summed E-state index contributed by atoms with van der Waals surface area (Å²) in [7, 11) is 0. The van der Waals surface area contributed by atoms with Crippen LogP contribution in [-0.4, -0.2) is 17.8 Å². The molecule has 15 heavy (non-hydrogen) atoms. The molecule has 0 saturated heterocycles. The minimum Gasteiger partial charge on any atom is -0.491 e. The predicted molar refractivity (Wildman–Crippen MR) is 62.9 cm³/mol. The molecule has 0 aliphatic rings. The summed E-state index contributed by atoms with van der Waals surface area (Å²) >= 11 is 0. The molecule has 1 aromatic rings. The quantitative estimate of drug-likeness (QED) is 0.802. The Balaban J connectivity index is 2.56. The summed E-state index contributed by atoms with van der Waals surface area (Å²) in [4.78, 5) is 0. The average molecular weight is 206 g/mol. The van der Waals surface area contributed by atoms with Crippen LogP contribution in [0.1, 0.15) is 25.8 Å². The van der Waals surface area contributed by atoms with Crippen LogP contribution >= 0.6 is 0 Å². The van der Waals surface area contributed by atoms with Gasteiger partial charge in [0.2, 0.25) is 0 Å². The number of hydrogen-bond donors (Lipinski definition) is 1. The molecular formula is C13H18O2. The lowest BCUT2D eigenvalue weighted by Crippen LogP contribution is -2.05. The Bertz CT molecular complexity index is 299. The van der Waals surface area contributed by atoms with Crippen molar-refractivity contribution in [1.82, 2.24) is 0 Å². The number of rotatable bonds is 5. The van der Waals surface area contributed by atoms with E-state index in [2.05, 4.69) is 0 Å². The van der Waals surface area contributed by atoms with Crippen LogP contribution in [0.5, 0.6) is 5.75 Å². The highest BCUT2D eigenvalue weighted by atomic mass is 16.5. The standard InChI is InChI=1S/C13H18O2/c1-11(2)15-13-8-6-12(7-9-13)5-3-4-10-14/h3,5-9,11,14H,4,10H2,1-2H3. The number of benzene rings is 1. The second-order valence-corrected chi connectivity index (χ2v) is 3.65. The normalized spacial score (nSPS) is 11.2. The van der Waals surface area contributed by atoms with Gasteiger partial charge in [-0.1, -0.05) is 24.3 Å². The van der Waals surface area contributed by atoms with E-state index in [-0.39, 0.29) is 12.7 Å². The van der Waals surface area contributed by atoms with Crippen molar-refractivity contribution >= 4 is 6.08 Å². The van der Waals surface area contributed by atoms with E-state index in [9.17, 15) is 0 Å². The molecule has 0 aliphatic heterocycles. The van der Waals surface area contributed by atoms with Crippen molar-refractivity contribution in [2.45, 2.75) is 26.4 Å². The lowest BCUT2D eigenvalue weighted by Gasteiger charge is -2.09. The SMILES string of the molecule is CC(C)Oc1ccc(C=CCCO)cc1. The molecule has 0 atom stereocenters. The van der Waals surface area contributed by atoms with Crippen LogP contribution in [0.25, 0.3) is 6.08 Å². The van der Waals surface area contributed by atoms with Crippen LogP contribution in [0.3, 0.4) is 0 Å². The van der Waals surface area contributed by atoms with Gasteiger partial charge >= 0.3 is 0 Å². The van der Waals surface area contributed by atoms with Gasteiger partial charge in [-0.15, -0.1) is 0 Å². The van der Waals surface area contributed by atoms with E-state index < -0.39 is 0 Å². The Hall–Kier alpha value is -1.28. The first kappa shape index (κ1) is 11.8. The van der Waals surface area contributed by atoms with Gasteiger partial charge in [0.25, 0.3) is 0 Å². The summed E-state index contributed by atoms with van der Waals surface area (Å²) in [5.74, 6) is 0.893. The first-order valence-corrected chi connectivity index (χ1v) is 5.26. The fourth-order valence-electron chi connectivity index (χ4n) is 1.22. The highest BCUT2D eigenvalue weighted by molar-refractivity contribution is 5.50. The molecule has 0 heterocycles. The topological polar surface area (TPSA) is 29.5 Å². The minimum atomic E-state index is 0.199. The molecule has 0 saturated carbocycles. The third-order valence-electron chi connectivity index (χ3n) is 1.86. The third kappa shape index (κ3) is 4.66. The van der Waals surface area contributed by atoms with Crippen LogP contribution in [0, 0.1) is 0 Å². The second-order valence-electron chi connectivity index (χ2n) is 3.65. The van der Waals surface area contributed by atoms with Gasteiger partial charge in [0.15, 0.2) is 0 Å². The maximum absolute atomic E-state index is 8.62. The smallest absolute Gasteiger partial charge is 0.119 e. The molecule has 0 aromatic heterocycles.